The van der Waals surface area contributed by atoms with Crippen molar-refractivity contribution < 1.29 is 14.0 Å². The Morgan fingerprint density at radius 1 is 0.800 bits per heavy atom. The summed E-state index contributed by atoms with van der Waals surface area (Å²) in [7, 11) is 0. The number of hydrogen-bond donors (Lipinski definition) is 0. The molecule has 1 atom stereocenters. The number of imidazole rings is 1. The molecule has 0 saturated carbocycles. The van der Waals surface area contributed by atoms with Crippen LogP contribution in [-0.4, -0.2) is 31.2 Å². The summed E-state index contributed by atoms with van der Waals surface area (Å²) in [4.78, 5) is 35.4. The average Bonchev–Trinajstić information content (AvgIpc) is 3.42. The van der Waals surface area contributed by atoms with Gasteiger partial charge in [0, 0.05) is 17.4 Å². The van der Waals surface area contributed by atoms with Crippen LogP contribution in [0, 0.1) is 5.95 Å². The molecule has 6 rings (SSSR count). The van der Waals surface area contributed by atoms with Crippen LogP contribution in [-0.2, 0) is 0 Å². The van der Waals surface area contributed by atoms with Crippen LogP contribution in [0.1, 0.15) is 39.2 Å². The van der Waals surface area contributed by atoms with E-state index in [2.05, 4.69) is 9.97 Å². The number of pyridine rings is 1. The standard InChI is InChI=1S/C28H19FN4O2/c1-17(33-27(34)22-7-2-3-8-23(22)28(33)35)18-9-11-25-24(14-18)31-16-32(25)21-6-4-5-19(13-21)20-10-12-26(29)30-15-20/h2-17H,1H3. The van der Waals surface area contributed by atoms with E-state index in [-0.39, 0.29) is 11.8 Å². The molecular weight excluding hydrogens is 443 g/mol. The Balaban J connectivity index is 1.33. The fourth-order valence-corrected chi connectivity index (χ4v) is 4.59. The number of nitrogens with zero attached hydrogens (tertiary/aromatic N) is 4. The lowest BCUT2D eigenvalue weighted by atomic mass is 10.1. The molecule has 2 aromatic heterocycles. The summed E-state index contributed by atoms with van der Waals surface area (Å²) in [5.74, 6) is -1.08. The lowest BCUT2D eigenvalue weighted by molar-refractivity contribution is 0.0595. The molecule has 0 spiro atoms. The molecule has 1 aliphatic heterocycles. The van der Waals surface area contributed by atoms with Gasteiger partial charge in [-0.25, -0.2) is 9.97 Å². The lowest BCUT2D eigenvalue weighted by Crippen LogP contribution is -2.32. The van der Waals surface area contributed by atoms with Gasteiger partial charge in [0.1, 0.15) is 6.33 Å². The van der Waals surface area contributed by atoms with Crippen molar-refractivity contribution in [2.75, 3.05) is 0 Å². The summed E-state index contributed by atoms with van der Waals surface area (Å²) in [5.41, 5.74) is 5.95. The number of aromatic nitrogens is 3. The number of amides is 2. The molecule has 170 valence electrons. The first-order chi connectivity index (χ1) is 17.0. The zero-order chi connectivity index (χ0) is 24.1. The van der Waals surface area contributed by atoms with E-state index in [0.29, 0.717) is 11.1 Å². The molecule has 5 aromatic rings. The fourth-order valence-electron chi connectivity index (χ4n) is 4.59. The number of carbonyl (C=O) groups is 2. The molecule has 1 aliphatic rings. The van der Waals surface area contributed by atoms with Crippen LogP contribution in [0.2, 0.25) is 0 Å². The van der Waals surface area contributed by atoms with Crippen molar-refractivity contribution in [2.24, 2.45) is 0 Å². The van der Waals surface area contributed by atoms with E-state index in [4.69, 9.17) is 0 Å². The SMILES string of the molecule is CC(c1ccc2c(c1)ncn2-c1cccc(-c2ccc(F)nc2)c1)N1C(=O)c2ccccc2C1=O. The van der Waals surface area contributed by atoms with Crippen molar-refractivity contribution in [2.45, 2.75) is 13.0 Å². The zero-order valence-corrected chi connectivity index (χ0v) is 18.7. The van der Waals surface area contributed by atoms with E-state index < -0.39 is 12.0 Å². The minimum atomic E-state index is -0.517. The third kappa shape index (κ3) is 3.40. The van der Waals surface area contributed by atoms with Crippen LogP contribution >= 0.6 is 0 Å². The monoisotopic (exact) mass is 462 g/mol. The largest absolute Gasteiger partial charge is 0.299 e. The molecule has 0 fully saturated rings. The van der Waals surface area contributed by atoms with E-state index in [1.165, 1.54) is 17.2 Å². The summed E-state index contributed by atoms with van der Waals surface area (Å²) < 4.78 is 15.2. The zero-order valence-electron chi connectivity index (χ0n) is 18.7. The summed E-state index contributed by atoms with van der Waals surface area (Å²) >= 11 is 0. The van der Waals surface area contributed by atoms with Gasteiger partial charge in [-0.05, 0) is 66.6 Å². The van der Waals surface area contributed by atoms with Gasteiger partial charge >= 0.3 is 0 Å². The minimum Gasteiger partial charge on any atom is -0.299 e. The quantitative estimate of drug-likeness (QED) is 0.258. The molecule has 0 aliphatic carbocycles. The van der Waals surface area contributed by atoms with Gasteiger partial charge in [0.15, 0.2) is 0 Å². The predicted octanol–water partition coefficient (Wildman–Crippen LogP) is 5.58. The van der Waals surface area contributed by atoms with Gasteiger partial charge in [-0.2, -0.15) is 4.39 Å². The van der Waals surface area contributed by atoms with Gasteiger partial charge in [0.05, 0.1) is 28.2 Å². The molecular formula is C28H19FN4O2. The highest BCUT2D eigenvalue weighted by Gasteiger charge is 2.38. The molecule has 3 heterocycles. The van der Waals surface area contributed by atoms with E-state index in [9.17, 15) is 14.0 Å². The van der Waals surface area contributed by atoms with Crippen molar-refractivity contribution >= 4 is 22.8 Å². The summed E-state index contributed by atoms with van der Waals surface area (Å²) in [5, 5.41) is 0. The van der Waals surface area contributed by atoms with Crippen LogP contribution < -0.4 is 0 Å². The Morgan fingerprint density at radius 3 is 2.29 bits per heavy atom. The average molecular weight is 462 g/mol. The van der Waals surface area contributed by atoms with E-state index in [1.807, 2.05) is 54.0 Å². The number of halogens is 1. The summed E-state index contributed by atoms with van der Waals surface area (Å²) in [6.07, 6.45) is 3.25. The molecule has 0 N–H and O–H groups in total. The Morgan fingerprint density at radius 2 is 1.57 bits per heavy atom. The minimum absolute atomic E-state index is 0.282. The second kappa shape index (κ2) is 7.99. The summed E-state index contributed by atoms with van der Waals surface area (Å²) in [6.45, 7) is 1.85. The number of benzene rings is 3. The molecule has 6 nitrogen and oxygen atoms in total. The van der Waals surface area contributed by atoms with E-state index in [1.54, 1.807) is 36.7 Å². The van der Waals surface area contributed by atoms with Gasteiger partial charge in [0.25, 0.3) is 11.8 Å². The molecule has 7 heteroatoms. The third-order valence-corrected chi connectivity index (χ3v) is 6.45. The molecule has 0 bridgehead atoms. The molecule has 3 aromatic carbocycles. The number of carbonyl (C=O) groups excluding carboxylic acids is 2. The number of hydrogen-bond acceptors (Lipinski definition) is 4. The second-order valence-corrected chi connectivity index (χ2v) is 8.48. The van der Waals surface area contributed by atoms with Gasteiger partial charge in [-0.15, -0.1) is 0 Å². The normalized spacial score (nSPS) is 13.9. The number of rotatable bonds is 4. The highest BCUT2D eigenvalue weighted by Crippen LogP contribution is 2.33. The first-order valence-corrected chi connectivity index (χ1v) is 11.2. The van der Waals surface area contributed by atoms with E-state index >= 15 is 0 Å². The Labute approximate surface area is 200 Å². The topological polar surface area (TPSA) is 68.1 Å². The van der Waals surface area contributed by atoms with Crippen LogP contribution in [0.25, 0.3) is 27.8 Å². The fraction of sp³-hybridized carbons (Fsp3) is 0.0714. The molecule has 2 amide bonds. The molecule has 0 radical (unpaired) electrons. The molecule has 1 unspecified atom stereocenters. The van der Waals surface area contributed by atoms with Crippen molar-refractivity contribution in [1.29, 1.82) is 0 Å². The molecule has 35 heavy (non-hydrogen) atoms. The van der Waals surface area contributed by atoms with Crippen molar-refractivity contribution in [1.82, 2.24) is 19.4 Å². The number of fused-ring (bicyclic) bond motifs is 2. The van der Waals surface area contributed by atoms with Crippen LogP contribution in [0.4, 0.5) is 4.39 Å². The van der Waals surface area contributed by atoms with Gasteiger partial charge in [0.2, 0.25) is 5.95 Å². The number of imide groups is 1. The maximum absolute atomic E-state index is 13.2. The Bertz CT molecular complexity index is 1590. The van der Waals surface area contributed by atoms with Crippen LogP contribution in [0.3, 0.4) is 0 Å². The van der Waals surface area contributed by atoms with Crippen LogP contribution in [0.15, 0.2) is 91.4 Å². The second-order valence-electron chi connectivity index (χ2n) is 8.48. The third-order valence-electron chi connectivity index (χ3n) is 6.45. The smallest absolute Gasteiger partial charge is 0.262 e. The van der Waals surface area contributed by atoms with Crippen molar-refractivity contribution in [3.63, 3.8) is 0 Å². The summed E-state index contributed by atoms with van der Waals surface area (Å²) in [6, 6.07) is 23.1. The van der Waals surface area contributed by atoms with Gasteiger partial charge < -0.3 is 0 Å². The molecule has 0 saturated heterocycles. The maximum Gasteiger partial charge on any atom is 0.262 e. The van der Waals surface area contributed by atoms with Gasteiger partial charge in [-0.3, -0.25) is 19.1 Å². The Hall–Kier alpha value is -4.65. The maximum atomic E-state index is 13.2. The van der Waals surface area contributed by atoms with Crippen molar-refractivity contribution in [3.05, 3.63) is 114 Å². The first-order valence-electron chi connectivity index (χ1n) is 11.2. The van der Waals surface area contributed by atoms with Crippen LogP contribution in [0.5, 0.6) is 0 Å². The Kier molecular flexibility index (Phi) is 4.77. The predicted molar refractivity (Wildman–Crippen MR) is 130 cm³/mol. The van der Waals surface area contributed by atoms with E-state index in [0.717, 1.165) is 33.4 Å². The first kappa shape index (κ1) is 20.9. The highest BCUT2D eigenvalue weighted by atomic mass is 19.1. The lowest BCUT2D eigenvalue weighted by Gasteiger charge is -2.23. The highest BCUT2D eigenvalue weighted by molar-refractivity contribution is 6.21. The van der Waals surface area contributed by atoms with Gasteiger partial charge in [-0.1, -0.05) is 30.3 Å². The van der Waals surface area contributed by atoms with Crippen molar-refractivity contribution in [3.8, 4) is 16.8 Å².